The van der Waals surface area contributed by atoms with Crippen LogP contribution in [0, 0.1) is 5.92 Å². The number of allylic oxidation sites excluding steroid dienone is 1. The van der Waals surface area contributed by atoms with Crippen LogP contribution in [0.15, 0.2) is 34.8 Å². The van der Waals surface area contributed by atoms with E-state index in [0.717, 1.165) is 48.3 Å². The summed E-state index contributed by atoms with van der Waals surface area (Å²) < 4.78 is 1.06. The van der Waals surface area contributed by atoms with E-state index in [0.29, 0.717) is 5.92 Å². The minimum atomic E-state index is 0.141. The molecule has 2 rings (SSSR count). The van der Waals surface area contributed by atoms with Crippen molar-refractivity contribution >= 4 is 27.4 Å². The van der Waals surface area contributed by atoms with Crippen LogP contribution >= 0.6 is 15.9 Å². The summed E-state index contributed by atoms with van der Waals surface area (Å²) in [5, 5.41) is 0. The number of hydrogen-bond donors (Lipinski definition) is 0. The topological polar surface area (TPSA) is 23.6 Å². The first-order chi connectivity index (χ1) is 10.5. The maximum atomic E-state index is 12.6. The van der Waals surface area contributed by atoms with E-state index in [9.17, 15) is 4.79 Å². The van der Waals surface area contributed by atoms with Gasteiger partial charge in [0.25, 0.3) is 0 Å². The summed E-state index contributed by atoms with van der Waals surface area (Å²) >= 11 is 3.46. The molecule has 0 aromatic heterocycles. The number of hydrogen-bond acceptors (Lipinski definition) is 2. The number of carbonyl (C=O) groups excluding carboxylic acids is 1. The van der Waals surface area contributed by atoms with Crippen LogP contribution in [-0.2, 0) is 4.79 Å². The summed E-state index contributed by atoms with van der Waals surface area (Å²) in [7, 11) is 0. The smallest absolute Gasteiger partial charge is 0.246 e. The lowest BCUT2D eigenvalue weighted by atomic mass is 9.95. The molecule has 0 aliphatic carbocycles. The molecule has 1 heterocycles. The summed E-state index contributed by atoms with van der Waals surface area (Å²) in [6.45, 7) is 11.1. The molecule has 0 radical (unpaired) electrons. The number of benzene rings is 1. The molecule has 1 aromatic rings. The second kappa shape index (κ2) is 7.93. The minimum Gasteiger partial charge on any atom is -0.337 e. The van der Waals surface area contributed by atoms with Gasteiger partial charge >= 0.3 is 0 Å². The van der Waals surface area contributed by atoms with Crippen molar-refractivity contribution in [2.24, 2.45) is 5.92 Å². The Hall–Kier alpha value is -1.13. The lowest BCUT2D eigenvalue weighted by Crippen LogP contribution is -2.48. The summed E-state index contributed by atoms with van der Waals surface area (Å²) in [6.07, 6.45) is 1.83. The lowest BCUT2D eigenvalue weighted by Gasteiger charge is -2.33. The molecule has 0 atom stereocenters. The lowest BCUT2D eigenvalue weighted by molar-refractivity contribution is -0.127. The van der Waals surface area contributed by atoms with Crippen LogP contribution in [0.25, 0.3) is 5.57 Å². The van der Waals surface area contributed by atoms with Gasteiger partial charge in [-0.2, -0.15) is 0 Å². The van der Waals surface area contributed by atoms with Gasteiger partial charge in [0, 0.05) is 36.7 Å². The monoisotopic (exact) mass is 364 g/mol. The summed E-state index contributed by atoms with van der Waals surface area (Å²) in [5.74, 6) is 0.462. The maximum Gasteiger partial charge on any atom is 0.246 e. The van der Waals surface area contributed by atoms with Gasteiger partial charge in [-0.3, -0.25) is 4.79 Å². The summed E-state index contributed by atoms with van der Waals surface area (Å²) in [5.41, 5.74) is 2.23. The van der Waals surface area contributed by atoms with Gasteiger partial charge in [-0.05, 0) is 35.7 Å². The number of halogens is 1. The molecule has 1 aliphatic heterocycles. The van der Waals surface area contributed by atoms with Crippen molar-refractivity contribution in [2.75, 3.05) is 32.7 Å². The van der Waals surface area contributed by atoms with Crippen molar-refractivity contribution < 1.29 is 4.79 Å². The van der Waals surface area contributed by atoms with E-state index >= 15 is 0 Å². The predicted molar refractivity (Wildman–Crippen MR) is 95.7 cm³/mol. The SMILES string of the molecule is CCN1CCN(C(=O)/C=C(/c2ccc(Br)cc2)C(C)C)CC1. The second-order valence-electron chi connectivity index (χ2n) is 6.02. The number of carbonyl (C=O) groups is 1. The van der Waals surface area contributed by atoms with E-state index in [1.807, 2.05) is 23.1 Å². The van der Waals surface area contributed by atoms with Crippen LogP contribution in [0.5, 0.6) is 0 Å². The molecule has 0 unspecified atom stereocenters. The highest BCUT2D eigenvalue weighted by Crippen LogP contribution is 2.25. The molecule has 1 amide bonds. The van der Waals surface area contributed by atoms with E-state index in [-0.39, 0.29) is 5.91 Å². The van der Waals surface area contributed by atoms with Gasteiger partial charge in [0.1, 0.15) is 0 Å². The quantitative estimate of drug-likeness (QED) is 0.761. The molecule has 22 heavy (non-hydrogen) atoms. The normalized spacial score (nSPS) is 17.1. The average molecular weight is 365 g/mol. The summed E-state index contributed by atoms with van der Waals surface area (Å²) in [6, 6.07) is 8.18. The first kappa shape index (κ1) is 17.2. The van der Waals surface area contributed by atoms with E-state index in [1.165, 1.54) is 0 Å². The second-order valence-corrected chi connectivity index (χ2v) is 6.94. The highest BCUT2D eigenvalue weighted by atomic mass is 79.9. The third-order valence-corrected chi connectivity index (χ3v) is 4.74. The predicted octanol–water partition coefficient (Wildman–Crippen LogP) is 3.65. The fourth-order valence-corrected chi connectivity index (χ4v) is 3.00. The van der Waals surface area contributed by atoms with Crippen molar-refractivity contribution in [2.45, 2.75) is 20.8 Å². The van der Waals surface area contributed by atoms with Gasteiger partial charge in [0.2, 0.25) is 5.91 Å². The molecule has 0 saturated carbocycles. The van der Waals surface area contributed by atoms with Gasteiger partial charge < -0.3 is 9.80 Å². The van der Waals surface area contributed by atoms with Gasteiger partial charge in [0.05, 0.1) is 0 Å². The number of nitrogens with zero attached hydrogens (tertiary/aromatic N) is 2. The Balaban J connectivity index is 2.13. The van der Waals surface area contributed by atoms with Crippen LogP contribution in [0.3, 0.4) is 0 Å². The Morgan fingerprint density at radius 3 is 2.27 bits per heavy atom. The molecule has 0 spiro atoms. The molecule has 1 saturated heterocycles. The van der Waals surface area contributed by atoms with Gasteiger partial charge in [-0.25, -0.2) is 0 Å². The molecule has 1 fully saturated rings. The molecular formula is C18H25BrN2O. The zero-order chi connectivity index (χ0) is 16.1. The Morgan fingerprint density at radius 2 is 1.77 bits per heavy atom. The van der Waals surface area contributed by atoms with Crippen LogP contribution < -0.4 is 0 Å². The van der Waals surface area contributed by atoms with E-state index in [1.54, 1.807) is 0 Å². The van der Waals surface area contributed by atoms with Crippen molar-refractivity contribution in [3.63, 3.8) is 0 Å². The Labute approximate surface area is 142 Å². The molecule has 0 bridgehead atoms. The number of rotatable bonds is 4. The molecular weight excluding hydrogens is 340 g/mol. The minimum absolute atomic E-state index is 0.141. The molecule has 3 nitrogen and oxygen atoms in total. The summed E-state index contributed by atoms with van der Waals surface area (Å²) in [4.78, 5) is 16.9. The molecule has 120 valence electrons. The molecule has 0 N–H and O–H groups in total. The first-order valence-corrected chi connectivity index (χ1v) is 8.79. The zero-order valence-electron chi connectivity index (χ0n) is 13.7. The largest absolute Gasteiger partial charge is 0.337 e. The van der Waals surface area contributed by atoms with Crippen molar-refractivity contribution in [1.82, 2.24) is 9.80 Å². The van der Waals surface area contributed by atoms with Crippen LogP contribution in [0.1, 0.15) is 26.3 Å². The number of likely N-dealkylation sites (N-methyl/N-ethyl adjacent to an activating group) is 1. The third-order valence-electron chi connectivity index (χ3n) is 4.21. The van der Waals surface area contributed by atoms with Crippen LogP contribution in [0.4, 0.5) is 0 Å². The maximum absolute atomic E-state index is 12.6. The standard InChI is InChI=1S/C18H25BrN2O/c1-4-20-9-11-21(12-10-20)18(22)13-17(14(2)3)15-5-7-16(19)8-6-15/h5-8,13-14H,4,9-12H2,1-3H3/b17-13+. The molecule has 1 aromatic carbocycles. The van der Waals surface area contributed by atoms with E-state index < -0.39 is 0 Å². The van der Waals surface area contributed by atoms with Gasteiger partial charge in [-0.15, -0.1) is 0 Å². The highest BCUT2D eigenvalue weighted by Gasteiger charge is 2.20. The Kier molecular flexibility index (Phi) is 6.21. The van der Waals surface area contributed by atoms with E-state index in [4.69, 9.17) is 0 Å². The first-order valence-electron chi connectivity index (χ1n) is 8.00. The van der Waals surface area contributed by atoms with Crippen molar-refractivity contribution in [1.29, 1.82) is 0 Å². The fraction of sp³-hybridized carbons (Fsp3) is 0.500. The van der Waals surface area contributed by atoms with Crippen molar-refractivity contribution in [3.05, 3.63) is 40.4 Å². The Morgan fingerprint density at radius 1 is 1.18 bits per heavy atom. The van der Waals surface area contributed by atoms with Crippen LogP contribution in [-0.4, -0.2) is 48.4 Å². The molecule has 4 heteroatoms. The Bertz CT molecular complexity index is 529. The van der Waals surface area contributed by atoms with Gasteiger partial charge in [-0.1, -0.05) is 48.8 Å². The number of amides is 1. The fourth-order valence-electron chi connectivity index (χ4n) is 2.73. The van der Waals surface area contributed by atoms with Crippen LogP contribution in [0.2, 0.25) is 0 Å². The van der Waals surface area contributed by atoms with Crippen molar-refractivity contribution in [3.8, 4) is 0 Å². The van der Waals surface area contributed by atoms with Gasteiger partial charge in [0.15, 0.2) is 0 Å². The average Bonchev–Trinajstić information content (AvgIpc) is 2.53. The molecule has 1 aliphatic rings. The highest BCUT2D eigenvalue weighted by molar-refractivity contribution is 9.10. The van der Waals surface area contributed by atoms with E-state index in [2.05, 4.69) is 53.7 Å². The zero-order valence-corrected chi connectivity index (χ0v) is 15.3. The third kappa shape index (κ3) is 4.43. The number of piperazine rings is 1.